The summed E-state index contributed by atoms with van der Waals surface area (Å²) in [4.78, 5) is 11.2. The smallest absolute Gasteiger partial charge is 0.328 e. The number of ether oxygens (including phenoxy) is 2. The fourth-order valence-corrected chi connectivity index (χ4v) is 2.35. The SMILES string of the molecule is COc1ccc(/C(=C/C(=O)O)c2ccc(Br)cc2)cc1OC. The quantitative estimate of drug-likeness (QED) is 0.817. The predicted octanol–water partition coefficient (Wildman–Crippen LogP) is 3.98. The first-order valence-corrected chi connectivity index (χ1v) is 7.27. The molecule has 0 atom stereocenters. The van der Waals surface area contributed by atoms with Gasteiger partial charge in [0.2, 0.25) is 0 Å². The summed E-state index contributed by atoms with van der Waals surface area (Å²) in [5.41, 5.74) is 2.14. The van der Waals surface area contributed by atoms with E-state index in [2.05, 4.69) is 15.9 Å². The molecule has 0 fully saturated rings. The fourth-order valence-electron chi connectivity index (χ4n) is 2.09. The van der Waals surface area contributed by atoms with Crippen LogP contribution in [0.5, 0.6) is 11.5 Å². The molecule has 2 rings (SSSR count). The number of carboxylic acids is 1. The van der Waals surface area contributed by atoms with Gasteiger partial charge in [-0.05, 0) is 41.0 Å². The number of hydrogen-bond acceptors (Lipinski definition) is 3. The summed E-state index contributed by atoms with van der Waals surface area (Å²) in [6.45, 7) is 0. The number of carbonyl (C=O) groups is 1. The molecule has 0 aromatic heterocycles. The molecule has 0 aliphatic rings. The van der Waals surface area contributed by atoms with E-state index >= 15 is 0 Å². The van der Waals surface area contributed by atoms with Crippen LogP contribution >= 0.6 is 15.9 Å². The van der Waals surface area contributed by atoms with E-state index in [1.165, 1.54) is 6.08 Å². The summed E-state index contributed by atoms with van der Waals surface area (Å²) in [7, 11) is 3.10. The van der Waals surface area contributed by atoms with E-state index in [9.17, 15) is 4.79 Å². The average Bonchev–Trinajstić information content (AvgIpc) is 2.52. The molecule has 0 heterocycles. The summed E-state index contributed by atoms with van der Waals surface area (Å²) in [6.07, 6.45) is 1.19. The van der Waals surface area contributed by atoms with E-state index in [0.29, 0.717) is 17.1 Å². The maximum absolute atomic E-state index is 11.2. The molecule has 5 heteroatoms. The van der Waals surface area contributed by atoms with Crippen molar-refractivity contribution in [2.75, 3.05) is 14.2 Å². The van der Waals surface area contributed by atoms with Crippen LogP contribution in [0.3, 0.4) is 0 Å². The van der Waals surface area contributed by atoms with Crippen molar-refractivity contribution >= 4 is 27.5 Å². The topological polar surface area (TPSA) is 55.8 Å². The average molecular weight is 363 g/mol. The maximum atomic E-state index is 11.2. The Morgan fingerprint density at radius 1 is 1.00 bits per heavy atom. The zero-order chi connectivity index (χ0) is 16.1. The van der Waals surface area contributed by atoms with Crippen LogP contribution < -0.4 is 9.47 Å². The van der Waals surface area contributed by atoms with Crippen molar-refractivity contribution in [2.45, 2.75) is 0 Å². The van der Waals surface area contributed by atoms with Gasteiger partial charge in [-0.2, -0.15) is 0 Å². The second-order valence-electron chi connectivity index (χ2n) is 4.47. The van der Waals surface area contributed by atoms with Gasteiger partial charge in [-0.1, -0.05) is 34.1 Å². The van der Waals surface area contributed by atoms with E-state index in [1.807, 2.05) is 24.3 Å². The third-order valence-electron chi connectivity index (χ3n) is 3.12. The molecule has 22 heavy (non-hydrogen) atoms. The van der Waals surface area contributed by atoms with Gasteiger partial charge >= 0.3 is 5.97 Å². The molecular weight excluding hydrogens is 348 g/mol. The number of benzene rings is 2. The molecule has 0 aliphatic carbocycles. The molecule has 2 aromatic rings. The van der Waals surface area contributed by atoms with Gasteiger partial charge in [0.05, 0.1) is 14.2 Å². The lowest BCUT2D eigenvalue weighted by molar-refractivity contribution is -0.131. The molecule has 0 aliphatic heterocycles. The molecule has 4 nitrogen and oxygen atoms in total. The second kappa shape index (κ2) is 7.13. The molecule has 0 saturated heterocycles. The lowest BCUT2D eigenvalue weighted by Gasteiger charge is -2.12. The van der Waals surface area contributed by atoms with Crippen LogP contribution in [0.15, 0.2) is 53.0 Å². The maximum Gasteiger partial charge on any atom is 0.328 e. The summed E-state index contributed by atoms with van der Waals surface area (Å²) in [5, 5.41) is 9.15. The summed E-state index contributed by atoms with van der Waals surface area (Å²) >= 11 is 3.37. The van der Waals surface area contributed by atoms with Crippen molar-refractivity contribution in [3.8, 4) is 11.5 Å². The molecule has 0 unspecified atom stereocenters. The third-order valence-corrected chi connectivity index (χ3v) is 3.65. The Bertz CT molecular complexity index is 705. The number of rotatable bonds is 5. The van der Waals surface area contributed by atoms with Gasteiger partial charge in [-0.15, -0.1) is 0 Å². The zero-order valence-electron chi connectivity index (χ0n) is 12.2. The van der Waals surface area contributed by atoms with E-state index in [4.69, 9.17) is 14.6 Å². The van der Waals surface area contributed by atoms with Crippen LogP contribution in [0.1, 0.15) is 11.1 Å². The highest BCUT2D eigenvalue weighted by Crippen LogP contribution is 2.33. The first-order chi connectivity index (χ1) is 10.5. The van der Waals surface area contributed by atoms with Crippen LogP contribution in [0, 0.1) is 0 Å². The zero-order valence-corrected chi connectivity index (χ0v) is 13.8. The molecule has 0 amide bonds. The Morgan fingerprint density at radius 2 is 1.59 bits per heavy atom. The number of carboxylic acid groups (broad SMARTS) is 1. The Morgan fingerprint density at radius 3 is 2.14 bits per heavy atom. The molecular formula is C17H15BrO4. The molecule has 0 bridgehead atoms. The highest BCUT2D eigenvalue weighted by molar-refractivity contribution is 9.10. The number of methoxy groups -OCH3 is 2. The minimum Gasteiger partial charge on any atom is -0.493 e. The Kier molecular flexibility index (Phi) is 5.22. The molecule has 0 saturated carbocycles. The molecule has 114 valence electrons. The standard InChI is InChI=1S/C17H15BrO4/c1-21-15-8-5-12(9-16(15)22-2)14(10-17(19)20)11-3-6-13(18)7-4-11/h3-10H,1-2H3,(H,19,20)/b14-10+. The van der Waals surface area contributed by atoms with E-state index in [-0.39, 0.29) is 0 Å². The molecule has 1 N–H and O–H groups in total. The summed E-state index contributed by atoms with van der Waals surface area (Å²) in [6, 6.07) is 12.8. The summed E-state index contributed by atoms with van der Waals surface area (Å²) < 4.78 is 11.4. The lowest BCUT2D eigenvalue weighted by Crippen LogP contribution is -1.97. The predicted molar refractivity (Wildman–Crippen MR) is 88.4 cm³/mol. The molecule has 2 aromatic carbocycles. The fraction of sp³-hybridized carbons (Fsp3) is 0.118. The second-order valence-corrected chi connectivity index (χ2v) is 5.39. The Balaban J connectivity index is 2.55. The van der Waals surface area contributed by atoms with Gasteiger partial charge in [0.1, 0.15) is 0 Å². The van der Waals surface area contributed by atoms with Crippen molar-refractivity contribution in [1.82, 2.24) is 0 Å². The molecule has 0 spiro atoms. The van der Waals surface area contributed by atoms with E-state index in [0.717, 1.165) is 15.6 Å². The minimum absolute atomic E-state index is 0.549. The van der Waals surface area contributed by atoms with Crippen molar-refractivity contribution in [1.29, 1.82) is 0 Å². The van der Waals surface area contributed by atoms with Gasteiger partial charge in [-0.3, -0.25) is 0 Å². The highest BCUT2D eigenvalue weighted by atomic mass is 79.9. The van der Waals surface area contributed by atoms with Crippen LogP contribution in [0.2, 0.25) is 0 Å². The number of aliphatic carboxylic acids is 1. The van der Waals surface area contributed by atoms with Gasteiger partial charge in [0.25, 0.3) is 0 Å². The normalized spacial score (nSPS) is 11.1. The Labute approximate surface area is 137 Å². The Hall–Kier alpha value is -2.27. The van der Waals surface area contributed by atoms with Crippen LogP contribution in [-0.4, -0.2) is 25.3 Å². The molecule has 0 radical (unpaired) electrons. The first kappa shape index (κ1) is 16.1. The van der Waals surface area contributed by atoms with Crippen molar-refractivity contribution in [3.63, 3.8) is 0 Å². The van der Waals surface area contributed by atoms with Crippen LogP contribution in [-0.2, 0) is 4.79 Å². The lowest BCUT2D eigenvalue weighted by atomic mass is 9.97. The van der Waals surface area contributed by atoms with Crippen molar-refractivity contribution in [3.05, 3.63) is 64.1 Å². The third kappa shape index (κ3) is 3.68. The van der Waals surface area contributed by atoms with Crippen molar-refractivity contribution < 1.29 is 19.4 Å². The van der Waals surface area contributed by atoms with Gasteiger partial charge < -0.3 is 14.6 Å². The van der Waals surface area contributed by atoms with Gasteiger partial charge in [-0.25, -0.2) is 4.79 Å². The summed E-state index contributed by atoms with van der Waals surface area (Å²) in [5.74, 6) is 0.137. The van der Waals surface area contributed by atoms with Crippen LogP contribution in [0.4, 0.5) is 0 Å². The van der Waals surface area contributed by atoms with Crippen molar-refractivity contribution in [2.24, 2.45) is 0 Å². The monoisotopic (exact) mass is 362 g/mol. The van der Waals surface area contributed by atoms with E-state index in [1.54, 1.807) is 32.4 Å². The minimum atomic E-state index is -1.01. The number of halogens is 1. The van der Waals surface area contributed by atoms with Gasteiger partial charge in [0.15, 0.2) is 11.5 Å². The number of hydrogen-bond donors (Lipinski definition) is 1. The largest absolute Gasteiger partial charge is 0.493 e. The van der Waals surface area contributed by atoms with Crippen LogP contribution in [0.25, 0.3) is 5.57 Å². The van der Waals surface area contributed by atoms with E-state index < -0.39 is 5.97 Å². The van der Waals surface area contributed by atoms with Gasteiger partial charge in [0, 0.05) is 10.5 Å². The first-order valence-electron chi connectivity index (χ1n) is 6.48. The highest BCUT2D eigenvalue weighted by Gasteiger charge is 2.11.